The first-order valence-corrected chi connectivity index (χ1v) is 11.0. The zero-order valence-electron chi connectivity index (χ0n) is 18.1. The third-order valence-electron chi connectivity index (χ3n) is 6.24. The van der Waals surface area contributed by atoms with Crippen molar-refractivity contribution in [3.63, 3.8) is 0 Å². The van der Waals surface area contributed by atoms with Gasteiger partial charge in [-0.15, -0.1) is 0 Å². The minimum Gasteiger partial charge on any atom is -0.505 e. The van der Waals surface area contributed by atoms with Gasteiger partial charge in [0.15, 0.2) is 5.75 Å². The van der Waals surface area contributed by atoms with Crippen LogP contribution in [-0.4, -0.2) is 53.1 Å². The van der Waals surface area contributed by atoms with Gasteiger partial charge in [0.1, 0.15) is 11.3 Å². The number of ether oxygens (including phenoxy) is 2. The zero-order valence-corrected chi connectivity index (χ0v) is 18.1. The smallest absolute Gasteiger partial charge is 0.341 e. The number of fused-ring (bicyclic) bond motifs is 1. The first-order chi connectivity index (χ1) is 15.0. The van der Waals surface area contributed by atoms with Gasteiger partial charge in [-0.05, 0) is 49.7 Å². The molecule has 31 heavy (non-hydrogen) atoms. The van der Waals surface area contributed by atoms with Gasteiger partial charge in [-0.1, -0.05) is 19.9 Å². The predicted octanol–water partition coefficient (Wildman–Crippen LogP) is 2.79. The summed E-state index contributed by atoms with van der Waals surface area (Å²) in [5, 5.41) is 18.7. The van der Waals surface area contributed by atoms with E-state index in [0.717, 1.165) is 18.5 Å². The van der Waals surface area contributed by atoms with Crippen LogP contribution < -0.4 is 5.32 Å². The van der Waals surface area contributed by atoms with Crippen molar-refractivity contribution in [1.29, 1.82) is 0 Å². The van der Waals surface area contributed by atoms with Crippen LogP contribution in [0, 0.1) is 5.41 Å². The molecular weight excluding hydrogens is 398 g/mol. The lowest BCUT2D eigenvalue weighted by Gasteiger charge is -2.36. The molecule has 0 unspecified atom stereocenters. The maximum atomic E-state index is 13.0. The Morgan fingerprint density at radius 3 is 2.81 bits per heavy atom. The Morgan fingerprint density at radius 2 is 2.10 bits per heavy atom. The van der Waals surface area contributed by atoms with Crippen LogP contribution in [0.4, 0.5) is 0 Å². The maximum Gasteiger partial charge on any atom is 0.341 e. The van der Waals surface area contributed by atoms with Crippen LogP contribution >= 0.6 is 0 Å². The molecule has 0 aliphatic carbocycles. The van der Waals surface area contributed by atoms with Crippen LogP contribution in [0.5, 0.6) is 5.75 Å². The summed E-state index contributed by atoms with van der Waals surface area (Å²) < 4.78 is 12.4. The molecule has 0 bridgehead atoms. The Balaban J connectivity index is 1.82. The molecule has 1 amide bonds. The van der Waals surface area contributed by atoms with Crippen LogP contribution in [0.25, 0.3) is 5.69 Å². The Kier molecular flexibility index (Phi) is 6.00. The van der Waals surface area contributed by atoms with Crippen LogP contribution in [0.15, 0.2) is 18.2 Å². The second-order valence-corrected chi connectivity index (χ2v) is 8.31. The van der Waals surface area contributed by atoms with Gasteiger partial charge in [0.2, 0.25) is 0 Å². The van der Waals surface area contributed by atoms with E-state index in [1.54, 1.807) is 16.8 Å². The maximum absolute atomic E-state index is 13.0. The number of phenolic OH excluding ortho intramolecular Hbond substituents is 1. The Labute approximate surface area is 181 Å². The van der Waals surface area contributed by atoms with Crippen LogP contribution in [0.2, 0.25) is 0 Å². The van der Waals surface area contributed by atoms with Gasteiger partial charge >= 0.3 is 5.97 Å². The number of aromatic nitrogens is 2. The quantitative estimate of drug-likeness (QED) is 0.712. The summed E-state index contributed by atoms with van der Waals surface area (Å²) in [6.07, 6.45) is 3.60. The summed E-state index contributed by atoms with van der Waals surface area (Å²) in [7, 11) is 0. The number of carbonyl (C=O) groups is 2. The number of hydrogen-bond acceptors (Lipinski definition) is 6. The van der Waals surface area contributed by atoms with Gasteiger partial charge in [-0.2, -0.15) is 5.10 Å². The normalized spacial score (nSPS) is 17.7. The lowest BCUT2D eigenvalue weighted by atomic mass is 9.76. The van der Waals surface area contributed by atoms with E-state index in [4.69, 9.17) is 9.47 Å². The molecule has 8 heteroatoms. The molecular formula is C23H29N3O5. The van der Waals surface area contributed by atoms with Crippen LogP contribution in [-0.2, 0) is 22.3 Å². The standard InChI is InChI=1S/C23H29N3O5/c1-3-10-31-22(29)15-6-5-7-17(20(15)27)26-18-13-23(8-11-30-12-9-23)14-24-21(28)19(18)16(4-2)25-26/h5-7,27H,3-4,8-14H2,1-2H3,(H,24,28). The van der Waals surface area contributed by atoms with Crippen molar-refractivity contribution in [3.05, 3.63) is 40.7 Å². The Bertz CT molecular complexity index is 991. The highest BCUT2D eigenvalue weighted by atomic mass is 16.5. The van der Waals surface area contributed by atoms with Crippen molar-refractivity contribution < 1.29 is 24.2 Å². The third kappa shape index (κ3) is 3.92. The molecule has 2 aliphatic heterocycles. The zero-order chi connectivity index (χ0) is 22.0. The third-order valence-corrected chi connectivity index (χ3v) is 6.24. The Morgan fingerprint density at radius 1 is 1.32 bits per heavy atom. The molecule has 2 aromatic rings. The highest BCUT2D eigenvalue weighted by molar-refractivity contribution is 5.97. The van der Waals surface area contributed by atoms with Crippen molar-refractivity contribution in [2.45, 2.75) is 46.0 Å². The lowest BCUT2D eigenvalue weighted by molar-refractivity contribution is 0.0154. The number of carbonyl (C=O) groups excluding carboxylic acids is 2. The molecule has 1 fully saturated rings. The van der Waals surface area contributed by atoms with Crippen molar-refractivity contribution in [2.75, 3.05) is 26.4 Å². The number of phenols is 1. The molecule has 2 N–H and O–H groups in total. The fourth-order valence-electron chi connectivity index (χ4n) is 4.45. The second-order valence-electron chi connectivity index (χ2n) is 8.31. The molecule has 1 saturated heterocycles. The number of esters is 1. The van der Waals surface area contributed by atoms with Gasteiger partial charge in [0, 0.05) is 19.8 Å². The van der Waals surface area contributed by atoms with E-state index in [-0.39, 0.29) is 29.2 Å². The molecule has 1 spiro atoms. The number of aryl methyl sites for hydroxylation is 1. The average Bonchev–Trinajstić information content (AvgIpc) is 3.07. The largest absolute Gasteiger partial charge is 0.505 e. The first kappa shape index (κ1) is 21.4. The van der Waals surface area contributed by atoms with Crippen molar-refractivity contribution >= 4 is 11.9 Å². The molecule has 166 valence electrons. The number of aromatic hydroxyl groups is 1. The van der Waals surface area contributed by atoms with Gasteiger partial charge in [0.05, 0.1) is 23.6 Å². The van der Waals surface area contributed by atoms with Crippen LogP contribution in [0.3, 0.4) is 0 Å². The minimum absolute atomic E-state index is 0.0899. The van der Waals surface area contributed by atoms with E-state index in [1.807, 2.05) is 13.8 Å². The SMILES string of the molecule is CCCOC(=O)c1cccc(-n2nc(CC)c3c2CC2(CCOCC2)CNC3=O)c1O. The number of rotatable bonds is 5. The van der Waals surface area contributed by atoms with Gasteiger partial charge in [0.25, 0.3) is 5.91 Å². The summed E-state index contributed by atoms with van der Waals surface area (Å²) in [5.74, 6) is -0.907. The van der Waals surface area contributed by atoms with E-state index in [0.29, 0.717) is 56.0 Å². The highest BCUT2D eigenvalue weighted by Gasteiger charge is 2.40. The molecule has 1 aromatic heterocycles. The van der Waals surface area contributed by atoms with Gasteiger partial charge < -0.3 is 19.9 Å². The first-order valence-electron chi connectivity index (χ1n) is 11.0. The number of para-hydroxylation sites is 1. The molecule has 2 aliphatic rings. The summed E-state index contributed by atoms with van der Waals surface area (Å²) in [6, 6.07) is 4.93. The summed E-state index contributed by atoms with van der Waals surface area (Å²) in [6.45, 7) is 6.04. The number of hydrogen-bond donors (Lipinski definition) is 2. The topological polar surface area (TPSA) is 103 Å². The number of nitrogens with one attached hydrogen (secondary N) is 1. The molecule has 0 atom stereocenters. The summed E-state index contributed by atoms with van der Waals surface area (Å²) in [5.41, 5.74) is 2.36. The highest BCUT2D eigenvalue weighted by Crippen LogP contribution is 2.39. The molecule has 3 heterocycles. The van der Waals surface area contributed by atoms with E-state index in [1.165, 1.54) is 6.07 Å². The molecule has 0 radical (unpaired) electrons. The molecule has 1 aromatic carbocycles. The lowest BCUT2D eigenvalue weighted by Crippen LogP contribution is -2.40. The van der Waals surface area contributed by atoms with Crippen molar-refractivity contribution in [2.24, 2.45) is 5.41 Å². The molecule has 8 nitrogen and oxygen atoms in total. The van der Waals surface area contributed by atoms with Crippen molar-refractivity contribution in [3.8, 4) is 11.4 Å². The summed E-state index contributed by atoms with van der Waals surface area (Å²) >= 11 is 0. The van der Waals surface area contributed by atoms with E-state index >= 15 is 0 Å². The number of nitrogens with zero attached hydrogens (tertiary/aromatic N) is 2. The Hall–Kier alpha value is -2.87. The minimum atomic E-state index is -0.575. The molecule has 0 saturated carbocycles. The van der Waals surface area contributed by atoms with E-state index in [2.05, 4.69) is 10.4 Å². The fourth-order valence-corrected chi connectivity index (χ4v) is 4.45. The number of benzene rings is 1. The monoisotopic (exact) mass is 427 g/mol. The average molecular weight is 428 g/mol. The fraction of sp³-hybridized carbons (Fsp3) is 0.522. The molecule has 4 rings (SSSR count). The predicted molar refractivity (Wildman–Crippen MR) is 114 cm³/mol. The van der Waals surface area contributed by atoms with Gasteiger partial charge in [-0.3, -0.25) is 4.79 Å². The van der Waals surface area contributed by atoms with Gasteiger partial charge in [-0.25, -0.2) is 9.48 Å². The van der Waals surface area contributed by atoms with Crippen LogP contribution in [0.1, 0.15) is 65.2 Å². The number of amides is 1. The summed E-state index contributed by atoms with van der Waals surface area (Å²) in [4.78, 5) is 25.4. The second kappa shape index (κ2) is 8.70. The van der Waals surface area contributed by atoms with Crippen molar-refractivity contribution in [1.82, 2.24) is 15.1 Å². The van der Waals surface area contributed by atoms with E-state index in [9.17, 15) is 14.7 Å². The van der Waals surface area contributed by atoms with E-state index < -0.39 is 5.97 Å².